The van der Waals surface area contributed by atoms with Crippen LogP contribution in [0.2, 0.25) is 0 Å². The summed E-state index contributed by atoms with van der Waals surface area (Å²) in [6, 6.07) is 0.229. The predicted octanol–water partition coefficient (Wildman–Crippen LogP) is 2.62. The molecule has 0 amide bonds. The fourth-order valence-corrected chi connectivity index (χ4v) is 2.09. The summed E-state index contributed by atoms with van der Waals surface area (Å²) >= 11 is 0. The van der Waals surface area contributed by atoms with E-state index in [0.717, 1.165) is 0 Å². The number of rotatable bonds is 3. The Bertz CT molecular complexity index is 400. The van der Waals surface area contributed by atoms with E-state index < -0.39 is 34.2 Å². The molecule has 0 radical (unpaired) electrons. The molecule has 16 heavy (non-hydrogen) atoms. The lowest BCUT2D eigenvalue weighted by atomic mass is 9.91. The maximum atomic E-state index is 13.5. The monoisotopic (exact) mass is 233 g/mol. The van der Waals surface area contributed by atoms with Crippen LogP contribution in [-0.2, 0) is 5.41 Å². The van der Waals surface area contributed by atoms with E-state index in [1.165, 1.54) is 0 Å². The first-order valence-corrected chi connectivity index (χ1v) is 5.05. The highest BCUT2D eigenvalue weighted by Crippen LogP contribution is 2.52. The van der Waals surface area contributed by atoms with Gasteiger partial charge in [-0.05, 0) is 25.8 Å². The second kappa shape index (κ2) is 3.73. The third kappa shape index (κ3) is 1.59. The number of halogens is 4. The second-order valence-electron chi connectivity index (χ2n) is 4.16. The first kappa shape index (κ1) is 11.4. The van der Waals surface area contributed by atoms with Gasteiger partial charge in [0.25, 0.3) is 0 Å². The summed E-state index contributed by atoms with van der Waals surface area (Å²) in [6.45, 7) is 0.233. The standard InChI is InChI=1S/C11H11F4N/c12-6-5-7(13)10(15)8(9(6)14)11(1-2-11)3-4-16/h5H,1-4,16H2. The van der Waals surface area contributed by atoms with E-state index >= 15 is 0 Å². The smallest absolute Gasteiger partial charge is 0.165 e. The lowest BCUT2D eigenvalue weighted by Gasteiger charge is -2.16. The minimum absolute atomic E-state index is 0.229. The van der Waals surface area contributed by atoms with Gasteiger partial charge in [-0.25, -0.2) is 17.6 Å². The molecule has 1 aromatic rings. The van der Waals surface area contributed by atoms with Crippen LogP contribution in [0.4, 0.5) is 17.6 Å². The van der Waals surface area contributed by atoms with Crippen LogP contribution in [0, 0.1) is 23.3 Å². The highest BCUT2D eigenvalue weighted by Gasteiger charge is 2.48. The molecular formula is C11H11F4N. The molecule has 1 nitrogen and oxygen atoms in total. The molecular weight excluding hydrogens is 222 g/mol. The molecule has 5 heteroatoms. The molecule has 1 saturated carbocycles. The Hall–Kier alpha value is -1.10. The van der Waals surface area contributed by atoms with Crippen molar-refractivity contribution in [2.24, 2.45) is 5.73 Å². The van der Waals surface area contributed by atoms with E-state index in [4.69, 9.17) is 5.73 Å². The van der Waals surface area contributed by atoms with Crippen molar-refractivity contribution in [2.45, 2.75) is 24.7 Å². The van der Waals surface area contributed by atoms with Crippen LogP contribution < -0.4 is 5.73 Å². The molecule has 0 aliphatic heterocycles. The van der Waals surface area contributed by atoms with Gasteiger partial charge in [-0.3, -0.25) is 0 Å². The summed E-state index contributed by atoms with van der Waals surface area (Å²) in [6.07, 6.45) is 1.37. The normalized spacial score (nSPS) is 17.6. The van der Waals surface area contributed by atoms with Gasteiger partial charge in [0.2, 0.25) is 0 Å². The van der Waals surface area contributed by atoms with Gasteiger partial charge in [-0.15, -0.1) is 0 Å². The van der Waals surface area contributed by atoms with E-state index in [2.05, 4.69) is 0 Å². The van der Waals surface area contributed by atoms with Crippen molar-refractivity contribution in [3.63, 3.8) is 0 Å². The van der Waals surface area contributed by atoms with Crippen LogP contribution in [-0.4, -0.2) is 6.54 Å². The summed E-state index contributed by atoms with van der Waals surface area (Å²) in [4.78, 5) is 0. The molecule has 1 fully saturated rings. The van der Waals surface area contributed by atoms with Crippen molar-refractivity contribution in [2.75, 3.05) is 6.54 Å². The number of benzene rings is 1. The molecule has 88 valence electrons. The summed E-state index contributed by atoms with van der Waals surface area (Å²) in [5.41, 5.74) is 4.06. The molecule has 0 aromatic heterocycles. The fourth-order valence-electron chi connectivity index (χ4n) is 2.09. The average Bonchev–Trinajstić information content (AvgIpc) is 2.97. The van der Waals surface area contributed by atoms with Crippen molar-refractivity contribution in [3.05, 3.63) is 34.9 Å². The van der Waals surface area contributed by atoms with Crippen molar-refractivity contribution < 1.29 is 17.6 Å². The molecule has 2 N–H and O–H groups in total. The number of nitrogens with two attached hydrogens (primary N) is 1. The van der Waals surface area contributed by atoms with Crippen molar-refractivity contribution in [1.29, 1.82) is 0 Å². The zero-order valence-corrected chi connectivity index (χ0v) is 8.49. The second-order valence-corrected chi connectivity index (χ2v) is 4.16. The van der Waals surface area contributed by atoms with E-state index in [1.807, 2.05) is 0 Å². The Morgan fingerprint density at radius 1 is 1.06 bits per heavy atom. The summed E-state index contributed by atoms with van der Waals surface area (Å²) < 4.78 is 53.0. The molecule has 0 heterocycles. The van der Waals surface area contributed by atoms with Crippen molar-refractivity contribution in [3.8, 4) is 0 Å². The van der Waals surface area contributed by atoms with Gasteiger partial charge in [0, 0.05) is 17.0 Å². The summed E-state index contributed by atoms with van der Waals surface area (Å²) in [5, 5.41) is 0. The third-order valence-electron chi connectivity index (χ3n) is 3.12. The predicted molar refractivity (Wildman–Crippen MR) is 50.9 cm³/mol. The van der Waals surface area contributed by atoms with E-state index in [9.17, 15) is 17.6 Å². The lowest BCUT2D eigenvalue weighted by molar-refractivity contribution is 0.416. The molecule has 0 saturated heterocycles. The zero-order valence-electron chi connectivity index (χ0n) is 8.49. The Morgan fingerprint density at radius 2 is 1.56 bits per heavy atom. The average molecular weight is 233 g/mol. The molecule has 0 unspecified atom stereocenters. The van der Waals surface area contributed by atoms with Crippen LogP contribution in [0.15, 0.2) is 6.07 Å². The first-order valence-electron chi connectivity index (χ1n) is 5.05. The Morgan fingerprint density at radius 3 is 1.94 bits per heavy atom. The van der Waals surface area contributed by atoms with Gasteiger partial charge in [0.15, 0.2) is 23.3 Å². The van der Waals surface area contributed by atoms with Gasteiger partial charge in [0.1, 0.15) is 0 Å². The van der Waals surface area contributed by atoms with Crippen LogP contribution >= 0.6 is 0 Å². The fraction of sp³-hybridized carbons (Fsp3) is 0.455. The summed E-state index contributed by atoms with van der Waals surface area (Å²) in [7, 11) is 0. The molecule has 0 spiro atoms. The maximum Gasteiger partial charge on any atom is 0.165 e. The highest BCUT2D eigenvalue weighted by molar-refractivity contribution is 5.35. The van der Waals surface area contributed by atoms with E-state index in [-0.39, 0.29) is 12.6 Å². The molecule has 1 aliphatic carbocycles. The summed E-state index contributed by atoms with van der Waals surface area (Å²) in [5.74, 6) is -5.27. The van der Waals surface area contributed by atoms with E-state index in [0.29, 0.717) is 19.3 Å². The van der Waals surface area contributed by atoms with Gasteiger partial charge >= 0.3 is 0 Å². The maximum absolute atomic E-state index is 13.5. The largest absolute Gasteiger partial charge is 0.330 e. The zero-order chi connectivity index (χ0) is 11.9. The molecule has 1 aromatic carbocycles. The molecule has 0 atom stereocenters. The highest BCUT2D eigenvalue weighted by atomic mass is 19.2. The van der Waals surface area contributed by atoms with Crippen LogP contribution in [0.5, 0.6) is 0 Å². The number of hydrogen-bond acceptors (Lipinski definition) is 1. The van der Waals surface area contributed by atoms with Crippen molar-refractivity contribution in [1.82, 2.24) is 0 Å². The van der Waals surface area contributed by atoms with Gasteiger partial charge in [-0.1, -0.05) is 0 Å². The third-order valence-corrected chi connectivity index (χ3v) is 3.12. The van der Waals surface area contributed by atoms with Gasteiger partial charge in [-0.2, -0.15) is 0 Å². The SMILES string of the molecule is NCCC1(c2c(F)c(F)cc(F)c2F)CC1. The molecule has 0 bridgehead atoms. The lowest BCUT2D eigenvalue weighted by Crippen LogP contribution is -2.18. The molecule has 1 aliphatic rings. The van der Waals surface area contributed by atoms with E-state index in [1.54, 1.807) is 0 Å². The quantitative estimate of drug-likeness (QED) is 0.630. The Balaban J connectivity index is 2.55. The van der Waals surface area contributed by atoms with Crippen LogP contribution in [0.25, 0.3) is 0 Å². The molecule has 2 rings (SSSR count). The Labute approximate surface area is 90.3 Å². The minimum Gasteiger partial charge on any atom is -0.330 e. The van der Waals surface area contributed by atoms with Gasteiger partial charge < -0.3 is 5.73 Å². The number of hydrogen-bond donors (Lipinski definition) is 1. The first-order chi connectivity index (χ1) is 7.52. The topological polar surface area (TPSA) is 26.0 Å². The van der Waals surface area contributed by atoms with Gasteiger partial charge in [0.05, 0.1) is 0 Å². The minimum atomic E-state index is -1.35. The van der Waals surface area contributed by atoms with Crippen LogP contribution in [0.1, 0.15) is 24.8 Å². The Kier molecular flexibility index (Phi) is 2.66. The van der Waals surface area contributed by atoms with Crippen LogP contribution in [0.3, 0.4) is 0 Å². The van der Waals surface area contributed by atoms with Crippen molar-refractivity contribution >= 4 is 0 Å².